The Hall–Kier alpha value is -0.840. The maximum Gasteiger partial charge on any atom is 0.128 e. The van der Waals surface area contributed by atoms with Crippen LogP contribution >= 0.6 is 35.0 Å². The van der Waals surface area contributed by atoms with Gasteiger partial charge in [0, 0.05) is 40.9 Å². The Balaban J connectivity index is 1.85. The van der Waals surface area contributed by atoms with Crippen LogP contribution in [0, 0.1) is 0 Å². The maximum absolute atomic E-state index is 6.56. The molecule has 2 aliphatic rings. The lowest BCUT2D eigenvalue weighted by atomic mass is 9.95. The Bertz CT molecular complexity index is 753. The summed E-state index contributed by atoms with van der Waals surface area (Å²) in [6.07, 6.45) is 5.11. The van der Waals surface area contributed by atoms with Crippen molar-refractivity contribution in [2.75, 3.05) is 17.6 Å². The van der Waals surface area contributed by atoms with Gasteiger partial charge in [-0.1, -0.05) is 42.1 Å². The van der Waals surface area contributed by atoms with Crippen molar-refractivity contribution in [3.63, 3.8) is 0 Å². The predicted octanol–water partition coefficient (Wildman–Crippen LogP) is 5.63. The van der Waals surface area contributed by atoms with E-state index in [2.05, 4.69) is 11.4 Å². The van der Waals surface area contributed by atoms with E-state index < -0.39 is 0 Å². The SMILES string of the molecule is Cn1nc(C2CCCC2)c2c1NCCSC2c1ccc(Cl)cc1Cl. The molecule has 0 radical (unpaired) electrons. The second-order valence-corrected chi connectivity index (χ2v) is 8.65. The second-order valence-electron chi connectivity index (χ2n) is 6.60. The Morgan fingerprint density at radius 3 is 2.79 bits per heavy atom. The number of aryl methyl sites for hydroxylation is 1. The molecule has 128 valence electrons. The molecule has 1 aromatic heterocycles. The lowest BCUT2D eigenvalue weighted by Gasteiger charge is -2.19. The highest BCUT2D eigenvalue weighted by Crippen LogP contribution is 2.48. The average molecular weight is 382 g/mol. The van der Waals surface area contributed by atoms with Gasteiger partial charge in [-0.25, -0.2) is 0 Å². The third-order valence-corrected chi connectivity index (χ3v) is 6.87. The molecule has 1 N–H and O–H groups in total. The highest BCUT2D eigenvalue weighted by molar-refractivity contribution is 7.99. The lowest BCUT2D eigenvalue weighted by Crippen LogP contribution is -2.06. The van der Waals surface area contributed by atoms with E-state index in [4.69, 9.17) is 28.3 Å². The summed E-state index contributed by atoms with van der Waals surface area (Å²) in [6.45, 7) is 0.947. The number of rotatable bonds is 2. The Kier molecular flexibility index (Phi) is 4.72. The highest BCUT2D eigenvalue weighted by atomic mass is 35.5. The van der Waals surface area contributed by atoms with Gasteiger partial charge in [-0.2, -0.15) is 5.10 Å². The summed E-state index contributed by atoms with van der Waals surface area (Å²) in [6, 6.07) is 5.86. The van der Waals surface area contributed by atoms with Crippen molar-refractivity contribution in [2.45, 2.75) is 36.9 Å². The van der Waals surface area contributed by atoms with Crippen LogP contribution in [-0.2, 0) is 7.05 Å². The molecule has 24 heavy (non-hydrogen) atoms. The largest absolute Gasteiger partial charge is 0.369 e. The first-order chi connectivity index (χ1) is 11.6. The lowest BCUT2D eigenvalue weighted by molar-refractivity contribution is 0.655. The van der Waals surface area contributed by atoms with Crippen LogP contribution in [0.5, 0.6) is 0 Å². The number of nitrogens with one attached hydrogen (secondary N) is 1. The van der Waals surface area contributed by atoms with Crippen LogP contribution in [0.4, 0.5) is 5.82 Å². The number of hydrogen-bond acceptors (Lipinski definition) is 3. The number of anilines is 1. The van der Waals surface area contributed by atoms with E-state index >= 15 is 0 Å². The number of hydrogen-bond donors (Lipinski definition) is 1. The zero-order chi connectivity index (χ0) is 16.7. The number of aromatic nitrogens is 2. The smallest absolute Gasteiger partial charge is 0.128 e. The maximum atomic E-state index is 6.56. The summed E-state index contributed by atoms with van der Waals surface area (Å²) in [5, 5.41) is 10.1. The third kappa shape index (κ3) is 2.93. The fourth-order valence-corrected chi connectivity index (χ4v) is 5.74. The van der Waals surface area contributed by atoms with Crippen LogP contribution in [0.15, 0.2) is 18.2 Å². The number of nitrogens with zero attached hydrogens (tertiary/aromatic N) is 2. The summed E-state index contributed by atoms with van der Waals surface area (Å²) < 4.78 is 2.02. The molecule has 3 nitrogen and oxygen atoms in total. The molecule has 1 atom stereocenters. The van der Waals surface area contributed by atoms with E-state index in [-0.39, 0.29) is 5.25 Å². The summed E-state index contributed by atoms with van der Waals surface area (Å²) >= 11 is 14.6. The first-order valence-electron chi connectivity index (χ1n) is 8.52. The number of fused-ring (bicyclic) bond motifs is 1. The minimum Gasteiger partial charge on any atom is -0.369 e. The van der Waals surface area contributed by atoms with Crippen molar-refractivity contribution in [1.29, 1.82) is 0 Å². The standard InChI is InChI=1S/C18H21Cl2N3S/c1-23-18-15(16(22-23)11-4-2-3-5-11)17(24-9-8-21-18)13-7-6-12(19)10-14(13)20/h6-7,10-11,17,21H,2-5,8-9H2,1H3. The minimum absolute atomic E-state index is 0.212. The van der Waals surface area contributed by atoms with Gasteiger partial charge in [0.05, 0.1) is 10.9 Å². The summed E-state index contributed by atoms with van der Waals surface area (Å²) in [5.74, 6) is 2.77. The van der Waals surface area contributed by atoms with E-state index in [0.29, 0.717) is 10.9 Å². The van der Waals surface area contributed by atoms with Crippen LogP contribution in [0.1, 0.15) is 53.7 Å². The molecule has 2 heterocycles. The quantitative estimate of drug-likeness (QED) is 0.730. The zero-order valence-electron chi connectivity index (χ0n) is 13.7. The van der Waals surface area contributed by atoms with Gasteiger partial charge in [-0.3, -0.25) is 4.68 Å². The molecular weight excluding hydrogens is 361 g/mol. The molecule has 1 saturated carbocycles. The van der Waals surface area contributed by atoms with Crippen LogP contribution in [0.2, 0.25) is 10.0 Å². The number of benzene rings is 1. The van der Waals surface area contributed by atoms with Crippen LogP contribution in [0.3, 0.4) is 0 Å². The molecule has 0 saturated heterocycles. The topological polar surface area (TPSA) is 29.9 Å². The summed E-state index contributed by atoms with van der Waals surface area (Å²) in [4.78, 5) is 0. The molecule has 1 aliphatic carbocycles. The summed E-state index contributed by atoms with van der Waals surface area (Å²) in [7, 11) is 2.04. The molecule has 4 rings (SSSR count). The van der Waals surface area contributed by atoms with Crippen molar-refractivity contribution in [3.8, 4) is 0 Å². The Morgan fingerprint density at radius 1 is 1.25 bits per heavy atom. The van der Waals surface area contributed by atoms with Crippen LogP contribution < -0.4 is 5.32 Å². The van der Waals surface area contributed by atoms with E-state index in [1.54, 1.807) is 0 Å². The van der Waals surface area contributed by atoms with Gasteiger partial charge in [0.15, 0.2) is 0 Å². The van der Waals surface area contributed by atoms with Crippen molar-refractivity contribution in [3.05, 3.63) is 45.1 Å². The van der Waals surface area contributed by atoms with Gasteiger partial charge < -0.3 is 5.32 Å². The van der Waals surface area contributed by atoms with Gasteiger partial charge in [-0.05, 0) is 30.5 Å². The predicted molar refractivity (Wildman–Crippen MR) is 104 cm³/mol. The molecule has 2 aromatic rings. The third-order valence-electron chi connectivity index (χ3n) is 5.04. The molecule has 0 spiro atoms. The zero-order valence-corrected chi connectivity index (χ0v) is 16.0. The van der Waals surface area contributed by atoms with Crippen molar-refractivity contribution >= 4 is 40.8 Å². The van der Waals surface area contributed by atoms with Gasteiger partial charge in [-0.15, -0.1) is 11.8 Å². The van der Waals surface area contributed by atoms with Crippen molar-refractivity contribution in [2.24, 2.45) is 7.05 Å². The fraction of sp³-hybridized carbons (Fsp3) is 0.500. The molecule has 0 bridgehead atoms. The van der Waals surface area contributed by atoms with E-state index in [9.17, 15) is 0 Å². The average Bonchev–Trinajstić information content (AvgIpc) is 3.12. The Morgan fingerprint density at radius 2 is 2.04 bits per heavy atom. The normalized spacial score (nSPS) is 21.4. The first kappa shape index (κ1) is 16.6. The number of thioether (sulfide) groups is 1. The van der Waals surface area contributed by atoms with Crippen LogP contribution in [-0.4, -0.2) is 22.1 Å². The molecule has 6 heteroatoms. The monoisotopic (exact) mass is 381 g/mol. The molecule has 1 aromatic carbocycles. The van der Waals surface area contributed by atoms with E-state index in [0.717, 1.165) is 28.7 Å². The van der Waals surface area contributed by atoms with Gasteiger partial charge in [0.1, 0.15) is 5.82 Å². The molecule has 1 aliphatic heterocycles. The first-order valence-corrected chi connectivity index (χ1v) is 10.3. The van der Waals surface area contributed by atoms with E-state index in [1.807, 2.05) is 35.6 Å². The molecule has 0 amide bonds. The highest BCUT2D eigenvalue weighted by Gasteiger charge is 2.33. The number of halogens is 2. The summed E-state index contributed by atoms with van der Waals surface area (Å²) in [5.41, 5.74) is 3.74. The molecular formula is C18H21Cl2N3S. The van der Waals surface area contributed by atoms with Crippen molar-refractivity contribution in [1.82, 2.24) is 9.78 Å². The molecule has 1 fully saturated rings. The molecule has 1 unspecified atom stereocenters. The van der Waals surface area contributed by atoms with Gasteiger partial charge >= 0.3 is 0 Å². The van der Waals surface area contributed by atoms with Crippen molar-refractivity contribution < 1.29 is 0 Å². The minimum atomic E-state index is 0.212. The Labute approximate surface area is 157 Å². The fourth-order valence-electron chi connectivity index (χ4n) is 3.92. The van der Waals surface area contributed by atoms with Gasteiger partial charge in [0.2, 0.25) is 0 Å². The van der Waals surface area contributed by atoms with Gasteiger partial charge in [0.25, 0.3) is 0 Å². The van der Waals surface area contributed by atoms with Crippen LogP contribution in [0.25, 0.3) is 0 Å². The van der Waals surface area contributed by atoms with E-state index in [1.165, 1.54) is 36.9 Å². The second kappa shape index (κ2) is 6.81.